The normalized spacial score (nSPS) is 10.8. The van der Waals surface area contributed by atoms with E-state index in [0.29, 0.717) is 17.1 Å². The lowest BCUT2D eigenvalue weighted by Crippen LogP contribution is -1.88. The van der Waals surface area contributed by atoms with E-state index in [-0.39, 0.29) is 0 Å². The lowest BCUT2D eigenvalue weighted by molar-refractivity contribution is 0.414. The van der Waals surface area contributed by atoms with Gasteiger partial charge in [0.05, 0.1) is 12.7 Å². The van der Waals surface area contributed by atoms with Gasteiger partial charge >= 0.3 is 0 Å². The second kappa shape index (κ2) is 4.93. The van der Waals surface area contributed by atoms with E-state index in [4.69, 9.17) is 9.15 Å². The molecule has 0 unspecified atom stereocenters. The Balaban J connectivity index is 2.19. The number of hydrogen-bond donors (Lipinski definition) is 0. The number of oxazole rings is 1. The summed E-state index contributed by atoms with van der Waals surface area (Å²) in [4.78, 5) is 9.71. The molecule has 0 saturated heterocycles. The standard InChI is InChI=1S/C14H12N2O2S/c1-17-11-6-5-9(19-2)8-10(11)14-16-13-12(18-14)4-3-7-15-13/h3-8H,1-2H3. The average molecular weight is 272 g/mol. The van der Waals surface area contributed by atoms with Crippen molar-refractivity contribution in [3.8, 4) is 17.2 Å². The van der Waals surface area contributed by atoms with E-state index in [1.54, 1.807) is 25.1 Å². The van der Waals surface area contributed by atoms with Gasteiger partial charge in [0.1, 0.15) is 5.75 Å². The van der Waals surface area contributed by atoms with E-state index in [2.05, 4.69) is 9.97 Å². The molecule has 0 saturated carbocycles. The summed E-state index contributed by atoms with van der Waals surface area (Å²) in [5.74, 6) is 1.27. The van der Waals surface area contributed by atoms with Gasteiger partial charge in [0.15, 0.2) is 11.2 Å². The summed E-state index contributed by atoms with van der Waals surface area (Å²) in [7, 11) is 1.64. The van der Waals surface area contributed by atoms with Crippen LogP contribution in [-0.2, 0) is 0 Å². The first kappa shape index (κ1) is 12.0. The molecule has 0 fully saturated rings. The number of hydrogen-bond acceptors (Lipinski definition) is 5. The number of benzene rings is 1. The van der Waals surface area contributed by atoms with Crippen LogP contribution < -0.4 is 4.74 Å². The van der Waals surface area contributed by atoms with Crippen LogP contribution in [-0.4, -0.2) is 23.3 Å². The molecule has 0 N–H and O–H groups in total. The Morgan fingerprint density at radius 3 is 2.89 bits per heavy atom. The molecule has 0 spiro atoms. The second-order valence-electron chi connectivity index (χ2n) is 3.91. The number of nitrogens with zero attached hydrogens (tertiary/aromatic N) is 2. The number of thioether (sulfide) groups is 1. The zero-order chi connectivity index (χ0) is 13.2. The molecule has 0 bridgehead atoms. The summed E-state index contributed by atoms with van der Waals surface area (Å²) >= 11 is 1.66. The number of ether oxygens (including phenoxy) is 1. The monoisotopic (exact) mass is 272 g/mol. The van der Waals surface area contributed by atoms with Crippen LogP contribution in [0.4, 0.5) is 0 Å². The number of aromatic nitrogens is 2. The van der Waals surface area contributed by atoms with Crippen LogP contribution in [0.25, 0.3) is 22.7 Å². The van der Waals surface area contributed by atoms with E-state index in [1.807, 2.05) is 36.6 Å². The van der Waals surface area contributed by atoms with Crippen molar-refractivity contribution < 1.29 is 9.15 Å². The molecule has 0 atom stereocenters. The highest BCUT2D eigenvalue weighted by Crippen LogP contribution is 2.34. The largest absolute Gasteiger partial charge is 0.496 e. The Morgan fingerprint density at radius 2 is 2.16 bits per heavy atom. The lowest BCUT2D eigenvalue weighted by atomic mass is 10.2. The molecule has 4 nitrogen and oxygen atoms in total. The molecule has 96 valence electrons. The average Bonchev–Trinajstić information content (AvgIpc) is 2.90. The van der Waals surface area contributed by atoms with Crippen molar-refractivity contribution in [2.45, 2.75) is 4.90 Å². The molecule has 2 aromatic heterocycles. The molecule has 1 aromatic carbocycles. The Labute approximate surface area is 114 Å². The van der Waals surface area contributed by atoms with Gasteiger partial charge in [-0.05, 0) is 36.6 Å². The number of pyridine rings is 1. The van der Waals surface area contributed by atoms with Gasteiger partial charge in [-0.25, -0.2) is 4.98 Å². The van der Waals surface area contributed by atoms with Gasteiger partial charge in [-0.2, -0.15) is 4.98 Å². The SMILES string of the molecule is COc1ccc(SC)cc1-c1nc2ncccc2o1. The smallest absolute Gasteiger partial charge is 0.232 e. The summed E-state index contributed by atoms with van der Waals surface area (Å²) in [6, 6.07) is 9.61. The molecule has 3 rings (SSSR count). The minimum Gasteiger partial charge on any atom is -0.496 e. The Morgan fingerprint density at radius 1 is 1.26 bits per heavy atom. The first-order valence-electron chi connectivity index (χ1n) is 5.76. The number of rotatable bonds is 3. The quantitative estimate of drug-likeness (QED) is 0.681. The Kier molecular flexibility index (Phi) is 3.13. The van der Waals surface area contributed by atoms with Crippen molar-refractivity contribution in [2.75, 3.05) is 13.4 Å². The summed E-state index contributed by atoms with van der Waals surface area (Å²) in [5, 5.41) is 0. The third kappa shape index (κ3) is 2.17. The van der Waals surface area contributed by atoms with Crippen molar-refractivity contribution >= 4 is 23.0 Å². The van der Waals surface area contributed by atoms with E-state index in [0.717, 1.165) is 16.2 Å². The van der Waals surface area contributed by atoms with Gasteiger partial charge < -0.3 is 9.15 Å². The molecule has 0 aliphatic rings. The maximum Gasteiger partial charge on any atom is 0.232 e. The zero-order valence-corrected chi connectivity index (χ0v) is 11.4. The van der Waals surface area contributed by atoms with Gasteiger partial charge in [-0.1, -0.05) is 0 Å². The maximum absolute atomic E-state index is 5.73. The molecule has 5 heteroatoms. The molecule has 0 amide bonds. The maximum atomic E-state index is 5.73. The van der Waals surface area contributed by atoms with Crippen molar-refractivity contribution in [3.63, 3.8) is 0 Å². The molecular weight excluding hydrogens is 260 g/mol. The van der Waals surface area contributed by atoms with Crippen LogP contribution in [0.5, 0.6) is 5.75 Å². The fraction of sp³-hybridized carbons (Fsp3) is 0.143. The molecule has 0 radical (unpaired) electrons. The van der Waals surface area contributed by atoms with Crippen molar-refractivity contribution in [1.29, 1.82) is 0 Å². The molecule has 0 aliphatic heterocycles. The molecule has 0 aliphatic carbocycles. The summed E-state index contributed by atoms with van der Waals surface area (Å²) in [6.07, 6.45) is 3.73. The minimum atomic E-state index is 0.529. The molecular formula is C14H12N2O2S. The van der Waals surface area contributed by atoms with E-state index in [1.165, 1.54) is 0 Å². The van der Waals surface area contributed by atoms with Crippen LogP contribution in [0.15, 0.2) is 45.8 Å². The third-order valence-corrected chi connectivity index (χ3v) is 3.53. The predicted octanol–water partition coefficient (Wildman–Crippen LogP) is 3.62. The van der Waals surface area contributed by atoms with Crippen molar-refractivity contribution in [1.82, 2.24) is 9.97 Å². The second-order valence-corrected chi connectivity index (χ2v) is 4.79. The van der Waals surface area contributed by atoms with E-state index < -0.39 is 0 Å². The van der Waals surface area contributed by atoms with Gasteiger partial charge in [0.2, 0.25) is 5.89 Å². The van der Waals surface area contributed by atoms with Crippen LogP contribution >= 0.6 is 11.8 Å². The minimum absolute atomic E-state index is 0.529. The highest BCUT2D eigenvalue weighted by molar-refractivity contribution is 7.98. The van der Waals surface area contributed by atoms with Crippen LogP contribution in [0.3, 0.4) is 0 Å². The fourth-order valence-corrected chi connectivity index (χ4v) is 2.31. The number of methoxy groups -OCH3 is 1. The highest BCUT2D eigenvalue weighted by Gasteiger charge is 2.14. The molecule has 3 aromatic rings. The first-order chi connectivity index (χ1) is 9.31. The Hall–Kier alpha value is -2.01. The highest BCUT2D eigenvalue weighted by atomic mass is 32.2. The topological polar surface area (TPSA) is 48.2 Å². The van der Waals surface area contributed by atoms with Gasteiger partial charge in [0.25, 0.3) is 0 Å². The molecule has 2 heterocycles. The summed E-state index contributed by atoms with van der Waals surface area (Å²) < 4.78 is 11.1. The summed E-state index contributed by atoms with van der Waals surface area (Å²) in [6.45, 7) is 0. The zero-order valence-electron chi connectivity index (χ0n) is 10.6. The predicted molar refractivity (Wildman–Crippen MR) is 75.6 cm³/mol. The first-order valence-corrected chi connectivity index (χ1v) is 6.98. The van der Waals surface area contributed by atoms with Gasteiger partial charge in [-0.3, -0.25) is 0 Å². The van der Waals surface area contributed by atoms with Gasteiger partial charge in [0, 0.05) is 11.1 Å². The van der Waals surface area contributed by atoms with Crippen LogP contribution in [0.2, 0.25) is 0 Å². The number of fused-ring (bicyclic) bond motifs is 1. The van der Waals surface area contributed by atoms with E-state index in [9.17, 15) is 0 Å². The summed E-state index contributed by atoms with van der Waals surface area (Å²) in [5.41, 5.74) is 2.12. The van der Waals surface area contributed by atoms with Crippen LogP contribution in [0, 0.1) is 0 Å². The Bertz CT molecular complexity index is 691. The van der Waals surface area contributed by atoms with Crippen LogP contribution in [0.1, 0.15) is 0 Å². The molecule has 19 heavy (non-hydrogen) atoms. The van der Waals surface area contributed by atoms with E-state index >= 15 is 0 Å². The fourth-order valence-electron chi connectivity index (χ4n) is 1.87. The van der Waals surface area contributed by atoms with Gasteiger partial charge in [-0.15, -0.1) is 11.8 Å². The lowest BCUT2D eigenvalue weighted by Gasteiger charge is -2.06. The third-order valence-electron chi connectivity index (χ3n) is 2.80. The van der Waals surface area contributed by atoms with Crippen molar-refractivity contribution in [3.05, 3.63) is 36.5 Å². The van der Waals surface area contributed by atoms with Crippen molar-refractivity contribution in [2.24, 2.45) is 0 Å².